The Bertz CT molecular complexity index is 513. The van der Waals surface area contributed by atoms with Crippen LogP contribution in [0.3, 0.4) is 0 Å². The van der Waals surface area contributed by atoms with E-state index in [9.17, 15) is 0 Å². The Morgan fingerprint density at radius 2 is 2.33 bits per heavy atom. The Labute approximate surface area is 115 Å². The highest BCUT2D eigenvalue weighted by molar-refractivity contribution is 7.99. The lowest BCUT2D eigenvalue weighted by atomic mass is 10.3. The van der Waals surface area contributed by atoms with Crippen molar-refractivity contribution in [3.63, 3.8) is 0 Å². The third-order valence-corrected chi connectivity index (χ3v) is 4.36. The first-order valence-electron chi connectivity index (χ1n) is 5.80. The predicted molar refractivity (Wildman–Crippen MR) is 81.3 cm³/mol. The number of rotatable bonds is 6. The summed E-state index contributed by atoms with van der Waals surface area (Å²) in [6.07, 6.45) is 0. The maximum atomic E-state index is 5.39. The van der Waals surface area contributed by atoms with Gasteiger partial charge in [0.15, 0.2) is 0 Å². The molecular weight excluding hydrogens is 266 g/mol. The Kier molecular flexibility index (Phi) is 4.62. The standard InChI is InChI=1S/C11H17N5S2/c1-3-17-6-7(2)13-9-8-4-5-18-10(8)15-11(14-9)16-12/h4-5,7H,3,6,12H2,1-2H3,(H2,13,14,15,16). The second-order valence-electron chi connectivity index (χ2n) is 3.88. The van der Waals surface area contributed by atoms with Crippen LogP contribution in [0.1, 0.15) is 13.8 Å². The van der Waals surface area contributed by atoms with Crippen molar-refractivity contribution in [1.82, 2.24) is 9.97 Å². The van der Waals surface area contributed by atoms with Crippen LogP contribution in [0.15, 0.2) is 11.4 Å². The number of anilines is 2. The monoisotopic (exact) mass is 283 g/mol. The molecule has 4 N–H and O–H groups in total. The van der Waals surface area contributed by atoms with Gasteiger partial charge in [-0.05, 0) is 24.1 Å². The number of thioether (sulfide) groups is 1. The lowest BCUT2D eigenvalue weighted by Gasteiger charge is -2.15. The molecule has 0 fully saturated rings. The van der Waals surface area contributed by atoms with Crippen molar-refractivity contribution in [2.24, 2.45) is 5.84 Å². The highest BCUT2D eigenvalue weighted by Gasteiger charge is 2.10. The van der Waals surface area contributed by atoms with Gasteiger partial charge in [-0.1, -0.05) is 6.92 Å². The van der Waals surface area contributed by atoms with Gasteiger partial charge in [0.05, 0.1) is 5.39 Å². The Hall–Kier alpha value is -1.05. The summed E-state index contributed by atoms with van der Waals surface area (Å²) >= 11 is 3.49. The molecule has 0 aliphatic heterocycles. The molecule has 2 heterocycles. The summed E-state index contributed by atoms with van der Waals surface area (Å²) in [6.45, 7) is 4.31. The minimum Gasteiger partial charge on any atom is -0.366 e. The molecule has 1 atom stereocenters. The maximum Gasteiger partial charge on any atom is 0.240 e. The van der Waals surface area contributed by atoms with Crippen LogP contribution in [0, 0.1) is 0 Å². The number of nitrogens with zero attached hydrogens (tertiary/aromatic N) is 2. The average Bonchev–Trinajstić information content (AvgIpc) is 2.84. The van der Waals surface area contributed by atoms with E-state index in [4.69, 9.17) is 5.84 Å². The van der Waals surface area contributed by atoms with E-state index in [2.05, 4.69) is 34.6 Å². The van der Waals surface area contributed by atoms with E-state index >= 15 is 0 Å². The van der Waals surface area contributed by atoms with Gasteiger partial charge < -0.3 is 5.32 Å². The van der Waals surface area contributed by atoms with Gasteiger partial charge >= 0.3 is 0 Å². The van der Waals surface area contributed by atoms with E-state index in [-0.39, 0.29) is 0 Å². The normalized spacial score (nSPS) is 12.6. The van der Waals surface area contributed by atoms with Crippen LogP contribution in [-0.2, 0) is 0 Å². The molecule has 0 aromatic carbocycles. The summed E-state index contributed by atoms with van der Waals surface area (Å²) in [5, 5.41) is 6.48. The lowest BCUT2D eigenvalue weighted by molar-refractivity contribution is 0.903. The largest absolute Gasteiger partial charge is 0.366 e. The van der Waals surface area contributed by atoms with Crippen LogP contribution < -0.4 is 16.6 Å². The highest BCUT2D eigenvalue weighted by Crippen LogP contribution is 2.26. The average molecular weight is 283 g/mol. The van der Waals surface area contributed by atoms with E-state index in [1.807, 2.05) is 23.2 Å². The number of fused-ring (bicyclic) bond motifs is 1. The number of hydrazine groups is 1. The molecule has 5 nitrogen and oxygen atoms in total. The zero-order valence-corrected chi connectivity index (χ0v) is 12.1. The molecule has 0 saturated carbocycles. The topological polar surface area (TPSA) is 75.9 Å². The summed E-state index contributed by atoms with van der Waals surface area (Å²) in [7, 11) is 0. The quantitative estimate of drug-likeness (QED) is 0.559. The first-order chi connectivity index (χ1) is 8.74. The fourth-order valence-corrected chi connectivity index (χ4v) is 3.04. The molecule has 1 unspecified atom stereocenters. The minimum absolute atomic E-state index is 0.360. The highest BCUT2D eigenvalue weighted by atomic mass is 32.2. The minimum atomic E-state index is 0.360. The molecule has 2 aromatic heterocycles. The van der Waals surface area contributed by atoms with Crippen molar-refractivity contribution < 1.29 is 0 Å². The molecule has 0 spiro atoms. The Balaban J connectivity index is 2.22. The first-order valence-corrected chi connectivity index (χ1v) is 7.84. The van der Waals surface area contributed by atoms with Crippen LogP contribution in [0.25, 0.3) is 10.2 Å². The van der Waals surface area contributed by atoms with E-state index in [0.717, 1.165) is 27.5 Å². The van der Waals surface area contributed by atoms with Gasteiger partial charge in [0.2, 0.25) is 5.95 Å². The number of hydrogen-bond acceptors (Lipinski definition) is 7. The van der Waals surface area contributed by atoms with Crippen LogP contribution >= 0.6 is 23.1 Å². The van der Waals surface area contributed by atoms with E-state index < -0.39 is 0 Å². The van der Waals surface area contributed by atoms with E-state index in [1.165, 1.54) is 0 Å². The van der Waals surface area contributed by atoms with Gasteiger partial charge in [0.1, 0.15) is 10.6 Å². The number of nitrogens with two attached hydrogens (primary N) is 1. The van der Waals surface area contributed by atoms with Crippen LogP contribution in [-0.4, -0.2) is 27.5 Å². The molecule has 2 rings (SSSR count). The van der Waals surface area contributed by atoms with Crippen LogP contribution in [0.5, 0.6) is 0 Å². The lowest BCUT2D eigenvalue weighted by Crippen LogP contribution is -2.20. The number of aromatic nitrogens is 2. The smallest absolute Gasteiger partial charge is 0.240 e. The van der Waals surface area contributed by atoms with Crippen molar-refractivity contribution in [1.29, 1.82) is 0 Å². The number of thiophene rings is 1. The third-order valence-electron chi connectivity index (χ3n) is 2.41. The molecule has 0 saturated heterocycles. The third kappa shape index (κ3) is 3.04. The molecule has 0 aliphatic rings. The van der Waals surface area contributed by atoms with Gasteiger partial charge in [-0.15, -0.1) is 11.3 Å². The van der Waals surface area contributed by atoms with Gasteiger partial charge in [0.25, 0.3) is 0 Å². The molecular formula is C11H17N5S2. The van der Waals surface area contributed by atoms with Gasteiger partial charge in [-0.3, -0.25) is 5.43 Å². The van der Waals surface area contributed by atoms with Crippen molar-refractivity contribution in [3.8, 4) is 0 Å². The second-order valence-corrected chi connectivity index (χ2v) is 6.10. The Morgan fingerprint density at radius 3 is 3.06 bits per heavy atom. The fourth-order valence-electron chi connectivity index (χ4n) is 1.60. The molecule has 2 aromatic rings. The molecule has 0 radical (unpaired) electrons. The molecule has 7 heteroatoms. The summed E-state index contributed by atoms with van der Waals surface area (Å²) in [5.41, 5.74) is 2.50. The number of nitrogen functional groups attached to an aromatic ring is 1. The van der Waals surface area contributed by atoms with Crippen molar-refractivity contribution in [2.45, 2.75) is 19.9 Å². The summed E-state index contributed by atoms with van der Waals surface area (Å²) in [5.74, 6) is 8.86. The van der Waals surface area contributed by atoms with E-state index in [1.54, 1.807) is 11.3 Å². The molecule has 18 heavy (non-hydrogen) atoms. The Morgan fingerprint density at radius 1 is 1.50 bits per heavy atom. The summed E-state index contributed by atoms with van der Waals surface area (Å²) in [4.78, 5) is 9.63. The van der Waals surface area contributed by atoms with Crippen molar-refractivity contribution in [2.75, 3.05) is 22.2 Å². The number of hydrogen-bond donors (Lipinski definition) is 3. The second kappa shape index (κ2) is 6.21. The molecule has 0 aliphatic carbocycles. The van der Waals surface area contributed by atoms with Gasteiger partial charge in [0, 0.05) is 11.8 Å². The van der Waals surface area contributed by atoms with Crippen molar-refractivity contribution in [3.05, 3.63) is 11.4 Å². The van der Waals surface area contributed by atoms with Gasteiger partial charge in [-0.2, -0.15) is 16.7 Å². The summed E-state index contributed by atoms with van der Waals surface area (Å²) in [6, 6.07) is 2.39. The molecule has 98 valence electrons. The predicted octanol–water partition coefficient (Wildman–Crippen LogP) is 2.53. The fraction of sp³-hybridized carbons (Fsp3) is 0.455. The van der Waals surface area contributed by atoms with Gasteiger partial charge in [-0.25, -0.2) is 10.8 Å². The zero-order chi connectivity index (χ0) is 13.0. The number of nitrogens with one attached hydrogen (secondary N) is 2. The van der Waals surface area contributed by atoms with Crippen molar-refractivity contribution >= 4 is 45.1 Å². The van der Waals surface area contributed by atoms with Crippen LogP contribution in [0.4, 0.5) is 11.8 Å². The molecule has 0 amide bonds. The maximum absolute atomic E-state index is 5.39. The first kappa shape index (κ1) is 13.4. The zero-order valence-electron chi connectivity index (χ0n) is 10.4. The molecule has 0 bridgehead atoms. The summed E-state index contributed by atoms with van der Waals surface area (Å²) < 4.78 is 0. The van der Waals surface area contributed by atoms with E-state index in [0.29, 0.717) is 12.0 Å². The SMILES string of the molecule is CCSCC(C)Nc1nc(NN)nc2sccc12. The van der Waals surface area contributed by atoms with Crippen LogP contribution in [0.2, 0.25) is 0 Å².